The van der Waals surface area contributed by atoms with Crippen molar-refractivity contribution < 1.29 is 9.84 Å². The fraction of sp³-hybridized carbons (Fsp3) is 0.889. The highest BCUT2D eigenvalue weighted by Gasteiger charge is 1.94. The topological polar surface area (TPSA) is 29.5 Å². The van der Waals surface area contributed by atoms with Crippen molar-refractivity contribution in [3.8, 4) is 0 Å². The van der Waals surface area contributed by atoms with Crippen LogP contribution in [-0.2, 0) is 4.74 Å². The first-order valence-electron chi connectivity index (χ1n) is 8.78. The molecule has 20 heavy (non-hydrogen) atoms. The van der Waals surface area contributed by atoms with E-state index >= 15 is 0 Å². The molecule has 120 valence electrons. The summed E-state index contributed by atoms with van der Waals surface area (Å²) in [5.41, 5.74) is 0. The van der Waals surface area contributed by atoms with Crippen molar-refractivity contribution in [2.45, 2.75) is 96.8 Å². The Morgan fingerprint density at radius 3 is 1.40 bits per heavy atom. The average Bonchev–Trinajstić information content (AvgIpc) is 2.43. The zero-order chi connectivity index (χ0) is 14.9. The predicted octanol–water partition coefficient (Wildman–Crippen LogP) is 6.51. The van der Waals surface area contributed by atoms with E-state index in [0.29, 0.717) is 6.61 Å². The van der Waals surface area contributed by atoms with Gasteiger partial charge in [-0.1, -0.05) is 90.4 Å². The van der Waals surface area contributed by atoms with Gasteiger partial charge in [-0.05, 0) is 13.0 Å². The number of unbranched alkanes of at least 4 members (excludes halogenated alkanes) is 13. The molecule has 1 N–H and O–H groups in total. The lowest BCUT2D eigenvalue weighted by Gasteiger charge is -2.04. The van der Waals surface area contributed by atoms with Gasteiger partial charge in [0.1, 0.15) is 0 Å². The Balaban J connectivity index is 2.94. The SMILES string of the molecule is C=C(O)OCCCCCCCCCCCCCCCC. The van der Waals surface area contributed by atoms with Crippen molar-refractivity contribution >= 4 is 0 Å². The van der Waals surface area contributed by atoms with E-state index in [1.54, 1.807) is 0 Å². The smallest absolute Gasteiger partial charge is 0.268 e. The van der Waals surface area contributed by atoms with Crippen molar-refractivity contribution in [3.05, 3.63) is 12.5 Å². The summed E-state index contributed by atoms with van der Waals surface area (Å²) in [5, 5.41) is 8.74. The van der Waals surface area contributed by atoms with E-state index < -0.39 is 0 Å². The van der Waals surface area contributed by atoms with Gasteiger partial charge in [0.05, 0.1) is 6.61 Å². The Bertz CT molecular complexity index is 202. The van der Waals surface area contributed by atoms with Crippen LogP contribution in [0.4, 0.5) is 0 Å². The molecule has 0 unspecified atom stereocenters. The van der Waals surface area contributed by atoms with Crippen LogP contribution in [0.15, 0.2) is 12.5 Å². The molecule has 0 atom stereocenters. The van der Waals surface area contributed by atoms with Crippen molar-refractivity contribution in [2.24, 2.45) is 0 Å². The van der Waals surface area contributed by atoms with Gasteiger partial charge in [0, 0.05) is 0 Å². The fourth-order valence-electron chi connectivity index (χ4n) is 2.49. The van der Waals surface area contributed by atoms with Crippen LogP contribution in [0.3, 0.4) is 0 Å². The summed E-state index contributed by atoms with van der Waals surface area (Å²) in [7, 11) is 0. The van der Waals surface area contributed by atoms with Gasteiger partial charge in [0.2, 0.25) is 0 Å². The maximum Gasteiger partial charge on any atom is 0.268 e. The van der Waals surface area contributed by atoms with E-state index in [0.717, 1.165) is 6.42 Å². The van der Waals surface area contributed by atoms with E-state index in [4.69, 9.17) is 9.84 Å². The molecule has 0 saturated carbocycles. The largest absolute Gasteiger partial charge is 0.481 e. The molecule has 2 nitrogen and oxygen atoms in total. The third-order valence-corrected chi connectivity index (χ3v) is 3.77. The summed E-state index contributed by atoms with van der Waals surface area (Å²) in [5.74, 6) is -0.153. The molecule has 0 bridgehead atoms. The summed E-state index contributed by atoms with van der Waals surface area (Å²) >= 11 is 0. The molecular formula is C18H36O2. The van der Waals surface area contributed by atoms with Crippen molar-refractivity contribution in [1.29, 1.82) is 0 Å². The normalized spacial score (nSPS) is 10.7. The molecule has 0 aromatic carbocycles. The molecule has 0 aromatic rings. The number of hydrogen-bond donors (Lipinski definition) is 1. The number of ether oxygens (including phenoxy) is 1. The summed E-state index contributed by atoms with van der Waals surface area (Å²) < 4.78 is 4.91. The van der Waals surface area contributed by atoms with Crippen LogP contribution in [0.25, 0.3) is 0 Å². The number of rotatable bonds is 16. The zero-order valence-corrected chi connectivity index (χ0v) is 13.7. The van der Waals surface area contributed by atoms with Gasteiger partial charge < -0.3 is 9.84 Å². The molecule has 2 heteroatoms. The zero-order valence-electron chi connectivity index (χ0n) is 13.7. The van der Waals surface area contributed by atoms with Crippen LogP contribution in [0, 0.1) is 0 Å². The van der Waals surface area contributed by atoms with Gasteiger partial charge in [0.25, 0.3) is 5.95 Å². The van der Waals surface area contributed by atoms with E-state index in [-0.39, 0.29) is 5.95 Å². The highest BCUT2D eigenvalue weighted by Crippen LogP contribution is 2.12. The fourth-order valence-corrected chi connectivity index (χ4v) is 2.49. The highest BCUT2D eigenvalue weighted by molar-refractivity contribution is 4.61. The molecule has 0 aromatic heterocycles. The minimum Gasteiger partial charge on any atom is -0.481 e. The van der Waals surface area contributed by atoms with Crippen LogP contribution in [0.1, 0.15) is 96.8 Å². The lowest BCUT2D eigenvalue weighted by molar-refractivity contribution is 0.0926. The molecule has 0 amide bonds. The van der Waals surface area contributed by atoms with Crippen LogP contribution in [0.2, 0.25) is 0 Å². The highest BCUT2D eigenvalue weighted by atomic mass is 16.6. The monoisotopic (exact) mass is 284 g/mol. The van der Waals surface area contributed by atoms with Gasteiger partial charge in [-0.25, -0.2) is 0 Å². The minimum absolute atomic E-state index is 0.153. The Labute approximate surface area is 126 Å². The Hall–Kier alpha value is -0.660. The number of aliphatic hydroxyl groups is 1. The number of aliphatic hydroxyl groups excluding tert-OH is 1. The van der Waals surface area contributed by atoms with Gasteiger partial charge in [-0.3, -0.25) is 0 Å². The van der Waals surface area contributed by atoms with Gasteiger partial charge >= 0.3 is 0 Å². The van der Waals surface area contributed by atoms with Crippen LogP contribution in [0.5, 0.6) is 0 Å². The standard InChI is InChI=1S/C18H36O2/c1-3-4-5-6-7-8-9-10-11-12-13-14-15-16-17-20-18(2)19/h19H,2-17H2,1H3. The first-order chi connectivity index (χ1) is 9.77. The summed E-state index contributed by atoms with van der Waals surface area (Å²) in [4.78, 5) is 0. The molecule has 0 rings (SSSR count). The van der Waals surface area contributed by atoms with Gasteiger partial charge in [-0.15, -0.1) is 0 Å². The average molecular weight is 284 g/mol. The van der Waals surface area contributed by atoms with E-state index in [1.165, 1.54) is 83.5 Å². The molecule has 0 saturated heterocycles. The van der Waals surface area contributed by atoms with Crippen molar-refractivity contribution in [3.63, 3.8) is 0 Å². The quantitative estimate of drug-likeness (QED) is 0.258. The van der Waals surface area contributed by atoms with Gasteiger partial charge in [-0.2, -0.15) is 0 Å². The predicted molar refractivity (Wildman–Crippen MR) is 88.0 cm³/mol. The molecule has 0 aliphatic carbocycles. The van der Waals surface area contributed by atoms with E-state index in [1.807, 2.05) is 0 Å². The second-order valence-electron chi connectivity index (χ2n) is 5.84. The Kier molecular flexibility index (Phi) is 15.9. The second kappa shape index (κ2) is 16.4. The van der Waals surface area contributed by atoms with Crippen molar-refractivity contribution in [1.82, 2.24) is 0 Å². The van der Waals surface area contributed by atoms with Crippen molar-refractivity contribution in [2.75, 3.05) is 6.61 Å². The molecule has 0 fully saturated rings. The van der Waals surface area contributed by atoms with E-state index in [9.17, 15) is 0 Å². The summed E-state index contributed by atoms with van der Waals surface area (Å²) in [6.45, 7) is 6.17. The van der Waals surface area contributed by atoms with Gasteiger partial charge in [0.15, 0.2) is 0 Å². The van der Waals surface area contributed by atoms with Crippen LogP contribution >= 0.6 is 0 Å². The maximum atomic E-state index is 8.74. The Morgan fingerprint density at radius 2 is 1.05 bits per heavy atom. The lowest BCUT2D eigenvalue weighted by Crippen LogP contribution is -1.93. The maximum absolute atomic E-state index is 8.74. The third kappa shape index (κ3) is 17.3. The second-order valence-corrected chi connectivity index (χ2v) is 5.84. The third-order valence-electron chi connectivity index (χ3n) is 3.77. The number of hydrogen-bond acceptors (Lipinski definition) is 2. The summed E-state index contributed by atoms with van der Waals surface area (Å²) in [6, 6.07) is 0. The molecule has 0 radical (unpaired) electrons. The van der Waals surface area contributed by atoms with Crippen LogP contribution < -0.4 is 0 Å². The molecule has 0 aliphatic heterocycles. The first-order valence-corrected chi connectivity index (χ1v) is 8.78. The minimum atomic E-state index is -0.153. The summed E-state index contributed by atoms with van der Waals surface area (Å²) in [6.07, 6.45) is 19.0. The molecule has 0 aliphatic rings. The first kappa shape index (κ1) is 19.3. The Morgan fingerprint density at radius 1 is 0.700 bits per heavy atom. The lowest BCUT2D eigenvalue weighted by atomic mass is 10.0. The van der Waals surface area contributed by atoms with Crippen LogP contribution in [-0.4, -0.2) is 11.7 Å². The molecule has 0 spiro atoms. The molecular weight excluding hydrogens is 248 g/mol. The molecule has 0 heterocycles. The van der Waals surface area contributed by atoms with E-state index in [2.05, 4.69) is 13.5 Å².